The standard InChI is InChI=1S/C15H21NO2.ClH/c1-9(2)16-13(8-17)15-7-12-5-10(3)11(4)6-14(12)18-15;/h5-7,9,13,16-17H,8H2,1-4H3;1H. The summed E-state index contributed by atoms with van der Waals surface area (Å²) in [5.74, 6) is 0.797. The molecule has 2 rings (SSSR count). The molecule has 1 heterocycles. The van der Waals surface area contributed by atoms with Gasteiger partial charge in [-0.25, -0.2) is 0 Å². The number of rotatable bonds is 4. The van der Waals surface area contributed by atoms with E-state index in [4.69, 9.17) is 4.42 Å². The molecule has 0 radical (unpaired) electrons. The average molecular weight is 284 g/mol. The van der Waals surface area contributed by atoms with Gasteiger partial charge in [-0.2, -0.15) is 0 Å². The molecule has 0 aliphatic carbocycles. The predicted molar refractivity (Wildman–Crippen MR) is 81.0 cm³/mol. The molecular weight excluding hydrogens is 262 g/mol. The monoisotopic (exact) mass is 283 g/mol. The van der Waals surface area contributed by atoms with E-state index in [1.165, 1.54) is 11.1 Å². The molecule has 0 spiro atoms. The first-order chi connectivity index (χ1) is 8.51. The Morgan fingerprint density at radius 3 is 2.37 bits per heavy atom. The fourth-order valence-corrected chi connectivity index (χ4v) is 2.12. The Kier molecular flexibility index (Phi) is 5.41. The second-order valence-corrected chi connectivity index (χ2v) is 5.18. The van der Waals surface area contributed by atoms with Crippen molar-refractivity contribution in [1.82, 2.24) is 5.32 Å². The van der Waals surface area contributed by atoms with Gasteiger partial charge in [0, 0.05) is 11.4 Å². The van der Waals surface area contributed by atoms with Crippen molar-refractivity contribution >= 4 is 23.4 Å². The number of furan rings is 1. The van der Waals surface area contributed by atoms with Crippen LogP contribution in [0.3, 0.4) is 0 Å². The average Bonchev–Trinajstić information content (AvgIpc) is 2.69. The largest absolute Gasteiger partial charge is 0.459 e. The first-order valence-electron chi connectivity index (χ1n) is 6.39. The lowest BCUT2D eigenvalue weighted by molar-refractivity contribution is 0.221. The smallest absolute Gasteiger partial charge is 0.134 e. The Balaban J connectivity index is 0.00000180. The number of halogens is 1. The first-order valence-corrected chi connectivity index (χ1v) is 6.39. The molecule has 4 heteroatoms. The third-order valence-corrected chi connectivity index (χ3v) is 3.21. The predicted octanol–water partition coefficient (Wildman–Crippen LogP) is 3.50. The molecule has 1 unspecified atom stereocenters. The van der Waals surface area contributed by atoms with Crippen molar-refractivity contribution in [3.63, 3.8) is 0 Å². The minimum absolute atomic E-state index is 0. The molecule has 0 amide bonds. The zero-order chi connectivity index (χ0) is 13.3. The first kappa shape index (κ1) is 16.0. The Morgan fingerprint density at radius 2 is 1.79 bits per heavy atom. The quantitative estimate of drug-likeness (QED) is 0.903. The van der Waals surface area contributed by atoms with E-state index in [-0.39, 0.29) is 25.1 Å². The van der Waals surface area contributed by atoms with Crippen LogP contribution in [0.15, 0.2) is 22.6 Å². The lowest BCUT2D eigenvalue weighted by Crippen LogP contribution is -2.30. The lowest BCUT2D eigenvalue weighted by Gasteiger charge is -2.16. The second-order valence-electron chi connectivity index (χ2n) is 5.18. The number of hydrogen-bond acceptors (Lipinski definition) is 3. The molecule has 1 atom stereocenters. The van der Waals surface area contributed by atoms with Crippen LogP contribution in [0.25, 0.3) is 11.0 Å². The zero-order valence-corrected chi connectivity index (χ0v) is 12.7. The van der Waals surface area contributed by atoms with Gasteiger partial charge in [0.1, 0.15) is 11.3 Å². The summed E-state index contributed by atoms with van der Waals surface area (Å²) in [6.07, 6.45) is 0. The molecule has 3 nitrogen and oxygen atoms in total. The van der Waals surface area contributed by atoms with Crippen LogP contribution in [0.1, 0.15) is 36.8 Å². The van der Waals surface area contributed by atoms with Crippen LogP contribution in [0.2, 0.25) is 0 Å². The van der Waals surface area contributed by atoms with E-state index in [0.717, 1.165) is 16.7 Å². The van der Waals surface area contributed by atoms with E-state index in [9.17, 15) is 5.11 Å². The number of nitrogens with one attached hydrogen (secondary N) is 1. The third-order valence-electron chi connectivity index (χ3n) is 3.21. The van der Waals surface area contributed by atoms with Gasteiger partial charge >= 0.3 is 0 Å². The van der Waals surface area contributed by atoms with E-state index in [1.807, 2.05) is 6.07 Å². The molecule has 0 bridgehead atoms. The molecular formula is C15H22ClNO2. The van der Waals surface area contributed by atoms with Crippen LogP contribution in [0.4, 0.5) is 0 Å². The molecule has 106 valence electrons. The van der Waals surface area contributed by atoms with Gasteiger partial charge in [0.05, 0.1) is 12.6 Å². The molecule has 0 aliphatic heterocycles. The van der Waals surface area contributed by atoms with Gasteiger partial charge in [0.25, 0.3) is 0 Å². The maximum atomic E-state index is 9.44. The molecule has 0 aliphatic rings. The van der Waals surface area contributed by atoms with Crippen molar-refractivity contribution in [2.75, 3.05) is 6.61 Å². The number of hydrogen-bond donors (Lipinski definition) is 2. The summed E-state index contributed by atoms with van der Waals surface area (Å²) < 4.78 is 5.84. The fraction of sp³-hybridized carbons (Fsp3) is 0.467. The van der Waals surface area contributed by atoms with Gasteiger partial charge < -0.3 is 14.8 Å². The van der Waals surface area contributed by atoms with Crippen LogP contribution in [-0.4, -0.2) is 17.8 Å². The summed E-state index contributed by atoms with van der Waals surface area (Å²) in [7, 11) is 0. The zero-order valence-electron chi connectivity index (χ0n) is 11.9. The third kappa shape index (κ3) is 3.50. The summed E-state index contributed by atoms with van der Waals surface area (Å²) in [5, 5.41) is 13.8. The molecule has 0 saturated carbocycles. The van der Waals surface area contributed by atoms with Crippen molar-refractivity contribution in [3.8, 4) is 0 Å². The van der Waals surface area contributed by atoms with Crippen LogP contribution >= 0.6 is 12.4 Å². The lowest BCUT2D eigenvalue weighted by atomic mass is 10.1. The summed E-state index contributed by atoms with van der Waals surface area (Å²) in [5.41, 5.74) is 3.37. The molecule has 19 heavy (non-hydrogen) atoms. The van der Waals surface area contributed by atoms with E-state index >= 15 is 0 Å². The van der Waals surface area contributed by atoms with Crippen molar-refractivity contribution < 1.29 is 9.52 Å². The highest BCUT2D eigenvalue weighted by molar-refractivity contribution is 5.85. The van der Waals surface area contributed by atoms with Gasteiger partial charge in [0.15, 0.2) is 0 Å². The van der Waals surface area contributed by atoms with Gasteiger partial charge in [0.2, 0.25) is 0 Å². The number of fused-ring (bicyclic) bond motifs is 1. The summed E-state index contributed by atoms with van der Waals surface area (Å²) in [6.45, 7) is 8.32. The number of benzene rings is 1. The van der Waals surface area contributed by atoms with Gasteiger partial charge in [-0.3, -0.25) is 0 Å². The molecule has 0 fully saturated rings. The Labute approximate surface area is 120 Å². The molecule has 2 aromatic rings. The van der Waals surface area contributed by atoms with E-state index in [2.05, 4.69) is 45.1 Å². The molecule has 1 aromatic heterocycles. The van der Waals surface area contributed by atoms with Crippen LogP contribution in [-0.2, 0) is 0 Å². The number of aliphatic hydroxyl groups is 1. The molecule has 2 N–H and O–H groups in total. The Morgan fingerprint density at radius 1 is 1.16 bits per heavy atom. The summed E-state index contributed by atoms with van der Waals surface area (Å²) in [4.78, 5) is 0. The molecule has 1 aromatic carbocycles. The summed E-state index contributed by atoms with van der Waals surface area (Å²) in [6, 6.07) is 6.36. The SMILES string of the molecule is Cc1cc2cc(C(CO)NC(C)C)oc2cc1C.Cl. The Hall–Kier alpha value is -1.03. The molecule has 0 saturated heterocycles. The van der Waals surface area contributed by atoms with Gasteiger partial charge in [-0.05, 0) is 43.2 Å². The van der Waals surface area contributed by atoms with Crippen LogP contribution < -0.4 is 5.32 Å². The topological polar surface area (TPSA) is 45.4 Å². The van der Waals surface area contributed by atoms with Crippen LogP contribution in [0, 0.1) is 13.8 Å². The van der Waals surface area contributed by atoms with E-state index in [0.29, 0.717) is 6.04 Å². The number of aliphatic hydroxyl groups excluding tert-OH is 1. The minimum atomic E-state index is -0.141. The van der Waals surface area contributed by atoms with Crippen molar-refractivity contribution in [2.24, 2.45) is 0 Å². The highest BCUT2D eigenvalue weighted by atomic mass is 35.5. The van der Waals surface area contributed by atoms with Crippen molar-refractivity contribution in [3.05, 3.63) is 35.1 Å². The van der Waals surface area contributed by atoms with Crippen LogP contribution in [0.5, 0.6) is 0 Å². The Bertz CT molecular complexity index is 509. The van der Waals surface area contributed by atoms with Gasteiger partial charge in [-0.1, -0.05) is 13.8 Å². The highest BCUT2D eigenvalue weighted by Gasteiger charge is 2.16. The van der Waals surface area contributed by atoms with Crippen molar-refractivity contribution in [1.29, 1.82) is 0 Å². The van der Waals surface area contributed by atoms with E-state index < -0.39 is 0 Å². The highest BCUT2D eigenvalue weighted by Crippen LogP contribution is 2.26. The fourth-order valence-electron chi connectivity index (χ4n) is 2.12. The second kappa shape index (κ2) is 6.42. The number of aryl methyl sites for hydroxylation is 2. The minimum Gasteiger partial charge on any atom is -0.459 e. The van der Waals surface area contributed by atoms with E-state index in [1.54, 1.807) is 0 Å². The van der Waals surface area contributed by atoms with Gasteiger partial charge in [-0.15, -0.1) is 12.4 Å². The normalized spacial score (nSPS) is 12.7. The summed E-state index contributed by atoms with van der Waals surface area (Å²) >= 11 is 0. The van der Waals surface area contributed by atoms with Crippen molar-refractivity contribution in [2.45, 2.75) is 39.8 Å². The maximum Gasteiger partial charge on any atom is 0.134 e. The maximum absolute atomic E-state index is 9.44.